The Labute approximate surface area is 153 Å². The number of nitrogens with zero attached hydrogens (tertiary/aromatic N) is 1. The van der Waals surface area contributed by atoms with Crippen LogP contribution in [0.4, 0.5) is 4.79 Å². The molecule has 7 nitrogen and oxygen atoms in total. The second-order valence-corrected chi connectivity index (χ2v) is 6.34. The third-order valence-electron chi connectivity index (χ3n) is 4.60. The molecule has 2 fully saturated rings. The summed E-state index contributed by atoms with van der Waals surface area (Å²) in [5.74, 6) is 1.28. The Morgan fingerprint density at radius 2 is 2.00 bits per heavy atom. The number of nitrogens with one attached hydrogen (secondary N) is 1. The van der Waals surface area contributed by atoms with Crippen LogP contribution in [0.15, 0.2) is 24.3 Å². The van der Waals surface area contributed by atoms with Gasteiger partial charge in [-0.2, -0.15) is 0 Å². The van der Waals surface area contributed by atoms with Gasteiger partial charge in [-0.15, -0.1) is 12.4 Å². The number of para-hydroxylation sites is 2. The minimum Gasteiger partial charge on any atom is -0.493 e. The molecule has 1 atom stereocenters. The Morgan fingerprint density at radius 1 is 1.32 bits per heavy atom. The number of ether oxygens (including phenoxy) is 3. The van der Waals surface area contributed by atoms with Crippen molar-refractivity contribution in [2.45, 2.75) is 24.5 Å². The zero-order chi connectivity index (χ0) is 17.0. The fourth-order valence-electron chi connectivity index (χ4n) is 3.20. The molecule has 0 radical (unpaired) electrons. The predicted octanol–water partition coefficient (Wildman–Crippen LogP) is 1.43. The fourth-order valence-corrected chi connectivity index (χ4v) is 3.20. The van der Waals surface area contributed by atoms with Crippen LogP contribution in [0.25, 0.3) is 0 Å². The SMILES string of the molecule is COc1ccccc1OCC(O)CN1CCC2(CC1)CNC(=O)O2.Cl. The predicted molar refractivity (Wildman–Crippen MR) is 94.6 cm³/mol. The Balaban J connectivity index is 0.00000225. The largest absolute Gasteiger partial charge is 0.493 e. The summed E-state index contributed by atoms with van der Waals surface area (Å²) < 4.78 is 16.3. The summed E-state index contributed by atoms with van der Waals surface area (Å²) in [4.78, 5) is 13.4. The minimum atomic E-state index is -0.590. The van der Waals surface area contributed by atoms with Crippen LogP contribution >= 0.6 is 12.4 Å². The van der Waals surface area contributed by atoms with Crippen LogP contribution in [0.2, 0.25) is 0 Å². The zero-order valence-corrected chi connectivity index (χ0v) is 15.1. The van der Waals surface area contributed by atoms with Crippen LogP contribution in [0.5, 0.6) is 11.5 Å². The van der Waals surface area contributed by atoms with Gasteiger partial charge >= 0.3 is 6.09 Å². The van der Waals surface area contributed by atoms with Crippen molar-refractivity contribution < 1.29 is 24.1 Å². The number of rotatable bonds is 6. The maximum atomic E-state index is 11.2. The first kappa shape index (κ1) is 19.6. The third kappa shape index (κ3) is 4.90. The number of benzene rings is 1. The van der Waals surface area contributed by atoms with Gasteiger partial charge in [-0.3, -0.25) is 0 Å². The highest BCUT2D eigenvalue weighted by atomic mass is 35.5. The van der Waals surface area contributed by atoms with E-state index in [1.165, 1.54) is 0 Å². The standard InChI is InChI=1S/C17H24N2O5.ClH/c1-22-14-4-2-3-5-15(14)23-11-13(20)10-19-8-6-17(7-9-19)12-18-16(21)24-17;/h2-5,13,20H,6-12H2,1H3,(H,18,21);1H. The number of amides is 1. The van der Waals surface area contributed by atoms with Gasteiger partial charge in [0.15, 0.2) is 11.5 Å². The van der Waals surface area contributed by atoms with Crippen LogP contribution in [-0.4, -0.2) is 67.7 Å². The number of piperidine rings is 1. The van der Waals surface area contributed by atoms with E-state index in [1.807, 2.05) is 24.3 Å². The maximum absolute atomic E-state index is 11.2. The number of likely N-dealkylation sites (tertiary alicyclic amines) is 1. The molecule has 25 heavy (non-hydrogen) atoms. The van der Waals surface area contributed by atoms with E-state index in [0.29, 0.717) is 24.6 Å². The molecule has 2 saturated heterocycles. The van der Waals surface area contributed by atoms with Gasteiger partial charge in [0, 0.05) is 32.5 Å². The summed E-state index contributed by atoms with van der Waals surface area (Å²) in [5, 5.41) is 12.9. The molecule has 1 aromatic rings. The number of hydrogen-bond donors (Lipinski definition) is 2. The van der Waals surface area contributed by atoms with Gasteiger partial charge in [0.1, 0.15) is 18.3 Å². The van der Waals surface area contributed by atoms with Gasteiger partial charge in [0.2, 0.25) is 0 Å². The normalized spacial score (nSPS) is 20.3. The monoisotopic (exact) mass is 372 g/mol. The smallest absolute Gasteiger partial charge is 0.407 e. The van der Waals surface area contributed by atoms with Gasteiger partial charge in [0.25, 0.3) is 0 Å². The number of β-amino-alcohol motifs (C(OH)–C–C–N with tert-alkyl or cyclic N) is 1. The first-order chi connectivity index (χ1) is 11.6. The summed E-state index contributed by atoms with van der Waals surface area (Å²) in [6.45, 7) is 2.91. The molecule has 3 rings (SSSR count). The van der Waals surface area contributed by atoms with Crippen LogP contribution in [0.3, 0.4) is 0 Å². The van der Waals surface area contributed by atoms with Crippen LogP contribution in [-0.2, 0) is 4.74 Å². The van der Waals surface area contributed by atoms with E-state index in [4.69, 9.17) is 14.2 Å². The molecule has 2 aliphatic rings. The molecular weight excluding hydrogens is 348 g/mol. The molecule has 1 unspecified atom stereocenters. The lowest BCUT2D eigenvalue weighted by molar-refractivity contribution is -0.0143. The minimum absolute atomic E-state index is 0. The molecule has 0 bridgehead atoms. The lowest BCUT2D eigenvalue weighted by Gasteiger charge is -2.37. The van der Waals surface area contributed by atoms with Crippen molar-refractivity contribution >= 4 is 18.5 Å². The Hall–Kier alpha value is -1.70. The van der Waals surface area contributed by atoms with E-state index >= 15 is 0 Å². The molecule has 0 aromatic heterocycles. The number of carbonyl (C=O) groups is 1. The molecule has 2 aliphatic heterocycles. The number of carbonyl (C=O) groups excluding carboxylic acids is 1. The van der Waals surface area contributed by atoms with E-state index in [-0.39, 0.29) is 30.7 Å². The number of aliphatic hydroxyl groups excluding tert-OH is 1. The number of halogens is 1. The Bertz CT molecular complexity index is 578. The van der Waals surface area contributed by atoms with E-state index in [2.05, 4.69) is 10.2 Å². The van der Waals surface area contributed by atoms with Gasteiger partial charge < -0.3 is 29.5 Å². The van der Waals surface area contributed by atoms with Gasteiger partial charge in [-0.25, -0.2) is 4.79 Å². The average Bonchev–Trinajstić information content (AvgIpc) is 2.96. The first-order valence-corrected chi connectivity index (χ1v) is 8.23. The van der Waals surface area contributed by atoms with Gasteiger partial charge in [-0.05, 0) is 12.1 Å². The number of methoxy groups -OCH3 is 1. The zero-order valence-electron chi connectivity index (χ0n) is 14.3. The molecule has 1 amide bonds. The average molecular weight is 373 g/mol. The van der Waals surface area contributed by atoms with Crippen LogP contribution in [0, 0.1) is 0 Å². The highest BCUT2D eigenvalue weighted by Gasteiger charge is 2.42. The molecule has 2 N–H and O–H groups in total. The lowest BCUT2D eigenvalue weighted by atomic mass is 9.91. The fraction of sp³-hybridized carbons (Fsp3) is 0.588. The van der Waals surface area contributed by atoms with Crippen molar-refractivity contribution in [3.05, 3.63) is 24.3 Å². The molecule has 1 aromatic carbocycles. The number of alkyl carbamates (subject to hydrolysis) is 1. The second kappa shape index (κ2) is 8.60. The molecule has 0 saturated carbocycles. The summed E-state index contributed by atoms with van der Waals surface area (Å²) in [7, 11) is 1.59. The van der Waals surface area contributed by atoms with Crippen molar-refractivity contribution in [1.29, 1.82) is 0 Å². The summed E-state index contributed by atoms with van der Waals surface area (Å²) >= 11 is 0. The molecule has 8 heteroatoms. The quantitative estimate of drug-likeness (QED) is 0.786. The van der Waals surface area contributed by atoms with Crippen molar-refractivity contribution in [3.8, 4) is 11.5 Å². The van der Waals surface area contributed by atoms with Crippen molar-refractivity contribution in [1.82, 2.24) is 10.2 Å². The van der Waals surface area contributed by atoms with Crippen molar-refractivity contribution in [2.24, 2.45) is 0 Å². The molecule has 0 aliphatic carbocycles. The summed E-state index contributed by atoms with van der Waals surface area (Å²) in [5.41, 5.74) is -0.355. The van der Waals surface area contributed by atoms with Crippen LogP contribution in [0.1, 0.15) is 12.8 Å². The molecule has 1 spiro atoms. The lowest BCUT2D eigenvalue weighted by Crippen LogP contribution is -2.49. The summed E-state index contributed by atoms with van der Waals surface area (Å²) in [6, 6.07) is 7.38. The molecular formula is C17H25ClN2O5. The van der Waals surface area contributed by atoms with Crippen molar-refractivity contribution in [3.63, 3.8) is 0 Å². The summed E-state index contributed by atoms with van der Waals surface area (Å²) in [6.07, 6.45) is 0.652. The van der Waals surface area contributed by atoms with Gasteiger partial charge in [0.05, 0.1) is 13.7 Å². The third-order valence-corrected chi connectivity index (χ3v) is 4.60. The van der Waals surface area contributed by atoms with E-state index in [0.717, 1.165) is 25.9 Å². The second-order valence-electron chi connectivity index (χ2n) is 6.34. The number of aliphatic hydroxyl groups is 1. The molecule has 2 heterocycles. The first-order valence-electron chi connectivity index (χ1n) is 8.23. The van der Waals surface area contributed by atoms with Crippen LogP contribution < -0.4 is 14.8 Å². The van der Waals surface area contributed by atoms with Crippen molar-refractivity contribution in [2.75, 3.05) is 39.9 Å². The Morgan fingerprint density at radius 3 is 2.60 bits per heavy atom. The highest BCUT2D eigenvalue weighted by molar-refractivity contribution is 5.85. The van der Waals surface area contributed by atoms with E-state index < -0.39 is 6.10 Å². The number of hydrogen-bond acceptors (Lipinski definition) is 6. The highest BCUT2D eigenvalue weighted by Crippen LogP contribution is 2.29. The van der Waals surface area contributed by atoms with Gasteiger partial charge in [-0.1, -0.05) is 12.1 Å². The molecule has 140 valence electrons. The van der Waals surface area contributed by atoms with E-state index in [1.54, 1.807) is 7.11 Å². The maximum Gasteiger partial charge on any atom is 0.407 e. The Kier molecular flexibility index (Phi) is 6.75. The topological polar surface area (TPSA) is 80.3 Å². The van der Waals surface area contributed by atoms with E-state index in [9.17, 15) is 9.90 Å².